The van der Waals surface area contributed by atoms with E-state index < -0.39 is 10.0 Å². The first-order valence-electron chi connectivity index (χ1n) is 8.17. The number of aryl methyl sites for hydroxylation is 2. The van der Waals surface area contributed by atoms with Crippen molar-refractivity contribution in [2.45, 2.75) is 25.7 Å². The molecule has 1 N–H and O–H groups in total. The van der Waals surface area contributed by atoms with Crippen LogP contribution < -0.4 is 9.46 Å². The summed E-state index contributed by atoms with van der Waals surface area (Å²) in [6, 6.07) is 16.3. The molecule has 0 unspecified atom stereocenters. The molecule has 0 aromatic heterocycles. The molecule has 4 nitrogen and oxygen atoms in total. The number of ether oxygens (including phenoxy) is 1. The van der Waals surface area contributed by atoms with Gasteiger partial charge in [0.1, 0.15) is 5.75 Å². The molecular formula is C20H21NO3S. The summed E-state index contributed by atoms with van der Waals surface area (Å²) in [5.74, 6) is 0.684. The van der Waals surface area contributed by atoms with Crippen LogP contribution >= 0.6 is 0 Å². The molecule has 0 bridgehead atoms. The molecule has 3 aromatic carbocycles. The molecule has 3 rings (SSSR count). The molecule has 25 heavy (non-hydrogen) atoms. The van der Waals surface area contributed by atoms with Crippen LogP contribution in [-0.2, 0) is 10.0 Å². The van der Waals surface area contributed by atoms with Gasteiger partial charge < -0.3 is 4.74 Å². The zero-order chi connectivity index (χ0) is 18.0. The van der Waals surface area contributed by atoms with E-state index >= 15 is 0 Å². The Morgan fingerprint density at radius 1 is 0.960 bits per heavy atom. The Labute approximate surface area is 148 Å². The lowest BCUT2D eigenvalue weighted by atomic mass is 10.1. The molecule has 0 radical (unpaired) electrons. The van der Waals surface area contributed by atoms with Gasteiger partial charge in [0.25, 0.3) is 10.0 Å². The summed E-state index contributed by atoms with van der Waals surface area (Å²) in [7, 11) is -3.71. The molecule has 3 aromatic rings. The Hall–Kier alpha value is -2.53. The molecule has 0 spiro atoms. The van der Waals surface area contributed by atoms with Gasteiger partial charge in [0, 0.05) is 10.8 Å². The van der Waals surface area contributed by atoms with Crippen molar-refractivity contribution in [1.29, 1.82) is 0 Å². The summed E-state index contributed by atoms with van der Waals surface area (Å²) in [5.41, 5.74) is 2.56. The van der Waals surface area contributed by atoms with Crippen molar-refractivity contribution >= 4 is 26.5 Å². The normalized spacial score (nSPS) is 11.5. The van der Waals surface area contributed by atoms with E-state index in [1.807, 2.05) is 51.1 Å². The SMILES string of the molecule is CCOc1ccc(S(=O)(=O)Nc2ccc(C)cc2C)c2ccccc12. The van der Waals surface area contributed by atoms with Crippen LogP contribution in [0.1, 0.15) is 18.1 Å². The van der Waals surface area contributed by atoms with Crippen LogP contribution in [0.5, 0.6) is 5.75 Å². The van der Waals surface area contributed by atoms with Gasteiger partial charge in [-0.15, -0.1) is 0 Å². The van der Waals surface area contributed by atoms with Gasteiger partial charge in [-0.25, -0.2) is 8.42 Å². The predicted molar refractivity (Wildman–Crippen MR) is 102 cm³/mol. The first-order valence-corrected chi connectivity index (χ1v) is 9.65. The Bertz CT molecular complexity index is 1030. The van der Waals surface area contributed by atoms with E-state index in [9.17, 15) is 8.42 Å². The van der Waals surface area contributed by atoms with Crippen LogP contribution in [0.25, 0.3) is 10.8 Å². The lowest BCUT2D eigenvalue weighted by molar-refractivity contribution is 0.344. The molecule has 5 heteroatoms. The van der Waals surface area contributed by atoms with Crippen molar-refractivity contribution < 1.29 is 13.2 Å². The Morgan fingerprint density at radius 3 is 2.36 bits per heavy atom. The van der Waals surface area contributed by atoms with Crippen molar-refractivity contribution in [1.82, 2.24) is 0 Å². The number of nitrogens with one attached hydrogen (secondary N) is 1. The van der Waals surface area contributed by atoms with Gasteiger partial charge in [0.2, 0.25) is 0 Å². The number of anilines is 1. The minimum Gasteiger partial charge on any atom is -0.493 e. The molecular weight excluding hydrogens is 334 g/mol. The summed E-state index contributed by atoms with van der Waals surface area (Å²) in [6.45, 7) is 6.30. The lowest BCUT2D eigenvalue weighted by Gasteiger charge is -2.14. The van der Waals surface area contributed by atoms with Crippen LogP contribution in [0.4, 0.5) is 5.69 Å². The van der Waals surface area contributed by atoms with E-state index in [-0.39, 0.29) is 4.90 Å². The fraction of sp³-hybridized carbons (Fsp3) is 0.200. The fourth-order valence-electron chi connectivity index (χ4n) is 2.89. The van der Waals surface area contributed by atoms with Crippen LogP contribution in [-0.4, -0.2) is 15.0 Å². The fourth-order valence-corrected chi connectivity index (χ4v) is 4.23. The predicted octanol–water partition coefficient (Wildman–Crippen LogP) is 4.66. The van der Waals surface area contributed by atoms with Crippen LogP contribution in [0.3, 0.4) is 0 Å². The Morgan fingerprint density at radius 2 is 1.68 bits per heavy atom. The number of hydrogen-bond donors (Lipinski definition) is 1. The molecule has 0 heterocycles. The van der Waals surface area contributed by atoms with E-state index in [2.05, 4.69) is 4.72 Å². The monoisotopic (exact) mass is 355 g/mol. The smallest absolute Gasteiger partial charge is 0.262 e. The number of benzene rings is 3. The zero-order valence-electron chi connectivity index (χ0n) is 14.5. The second-order valence-corrected chi connectivity index (χ2v) is 7.62. The van der Waals surface area contributed by atoms with Crippen molar-refractivity contribution in [3.63, 3.8) is 0 Å². The van der Waals surface area contributed by atoms with Crippen molar-refractivity contribution in [3.8, 4) is 5.75 Å². The molecule has 0 aliphatic carbocycles. The van der Waals surface area contributed by atoms with Crippen molar-refractivity contribution in [3.05, 3.63) is 65.7 Å². The van der Waals surface area contributed by atoms with Gasteiger partial charge in [-0.05, 0) is 44.5 Å². The van der Waals surface area contributed by atoms with Gasteiger partial charge in [-0.3, -0.25) is 4.72 Å². The Balaban J connectivity index is 2.10. The summed E-state index contributed by atoms with van der Waals surface area (Å²) in [5, 5.41) is 1.43. The second-order valence-electron chi connectivity index (χ2n) is 5.96. The quantitative estimate of drug-likeness (QED) is 0.724. The third kappa shape index (κ3) is 3.46. The first-order chi connectivity index (χ1) is 11.9. The number of fused-ring (bicyclic) bond motifs is 1. The third-order valence-electron chi connectivity index (χ3n) is 4.06. The molecule has 0 atom stereocenters. The lowest BCUT2D eigenvalue weighted by Crippen LogP contribution is -2.14. The summed E-state index contributed by atoms with van der Waals surface area (Å²) < 4.78 is 34.3. The first kappa shape index (κ1) is 17.3. The molecule has 0 aliphatic rings. The average Bonchev–Trinajstić information content (AvgIpc) is 2.58. The highest BCUT2D eigenvalue weighted by molar-refractivity contribution is 7.93. The van der Waals surface area contributed by atoms with E-state index in [1.165, 1.54) is 0 Å². The maximum absolute atomic E-state index is 13.0. The number of rotatable bonds is 5. The third-order valence-corrected chi connectivity index (χ3v) is 5.48. The summed E-state index contributed by atoms with van der Waals surface area (Å²) in [4.78, 5) is 0.242. The van der Waals surface area contributed by atoms with E-state index in [0.717, 1.165) is 16.5 Å². The zero-order valence-corrected chi connectivity index (χ0v) is 15.4. The standard InChI is InChI=1S/C20H21NO3S/c1-4-24-19-11-12-20(17-8-6-5-7-16(17)19)25(22,23)21-18-10-9-14(2)13-15(18)3/h5-13,21H,4H2,1-3H3. The van der Waals surface area contributed by atoms with E-state index in [0.29, 0.717) is 23.4 Å². The maximum atomic E-state index is 13.0. The molecule has 0 saturated carbocycles. The van der Waals surface area contributed by atoms with Crippen LogP contribution in [0.2, 0.25) is 0 Å². The number of hydrogen-bond acceptors (Lipinski definition) is 3. The molecule has 0 amide bonds. The molecule has 0 aliphatic heterocycles. The van der Waals surface area contributed by atoms with Gasteiger partial charge in [-0.1, -0.05) is 42.0 Å². The van der Waals surface area contributed by atoms with E-state index in [1.54, 1.807) is 24.3 Å². The molecule has 130 valence electrons. The second kappa shape index (κ2) is 6.76. The summed E-state index contributed by atoms with van der Waals surface area (Å²) in [6.07, 6.45) is 0. The van der Waals surface area contributed by atoms with Crippen LogP contribution in [0, 0.1) is 13.8 Å². The van der Waals surface area contributed by atoms with Gasteiger partial charge >= 0.3 is 0 Å². The van der Waals surface area contributed by atoms with Crippen molar-refractivity contribution in [2.24, 2.45) is 0 Å². The maximum Gasteiger partial charge on any atom is 0.262 e. The minimum atomic E-state index is -3.71. The van der Waals surface area contributed by atoms with Crippen LogP contribution in [0.15, 0.2) is 59.5 Å². The Kier molecular flexibility index (Phi) is 4.68. The minimum absolute atomic E-state index is 0.242. The highest BCUT2D eigenvalue weighted by Crippen LogP contribution is 2.32. The van der Waals surface area contributed by atoms with E-state index in [4.69, 9.17) is 4.74 Å². The van der Waals surface area contributed by atoms with Gasteiger partial charge in [-0.2, -0.15) is 0 Å². The van der Waals surface area contributed by atoms with Crippen molar-refractivity contribution in [2.75, 3.05) is 11.3 Å². The molecule has 0 saturated heterocycles. The molecule has 0 fully saturated rings. The topological polar surface area (TPSA) is 55.4 Å². The highest BCUT2D eigenvalue weighted by atomic mass is 32.2. The number of sulfonamides is 1. The largest absolute Gasteiger partial charge is 0.493 e. The highest BCUT2D eigenvalue weighted by Gasteiger charge is 2.20. The van der Waals surface area contributed by atoms with Gasteiger partial charge in [0.15, 0.2) is 0 Å². The average molecular weight is 355 g/mol. The van der Waals surface area contributed by atoms with Gasteiger partial charge in [0.05, 0.1) is 17.2 Å². The summed E-state index contributed by atoms with van der Waals surface area (Å²) >= 11 is 0.